The van der Waals surface area contributed by atoms with Crippen LogP contribution in [0.2, 0.25) is 0 Å². The number of hydrogen-bond acceptors (Lipinski definition) is 4. The second-order valence-corrected chi connectivity index (χ2v) is 8.41. The van der Waals surface area contributed by atoms with Gasteiger partial charge in [0.2, 0.25) is 11.8 Å². The molecule has 2 amide bonds. The van der Waals surface area contributed by atoms with Crippen LogP contribution in [0.4, 0.5) is 22.7 Å². The summed E-state index contributed by atoms with van der Waals surface area (Å²) >= 11 is 0. The summed E-state index contributed by atoms with van der Waals surface area (Å²) in [7, 11) is 0. The maximum Gasteiger partial charge on any atom is 0.224 e. The lowest BCUT2D eigenvalue weighted by atomic mass is 10.0. The molecule has 33 heavy (non-hydrogen) atoms. The van der Waals surface area contributed by atoms with Crippen LogP contribution in [-0.2, 0) is 22.4 Å². The molecule has 0 radical (unpaired) electrons. The fraction of sp³-hybridized carbons (Fsp3) is 0.259. The first-order valence-corrected chi connectivity index (χ1v) is 11.5. The van der Waals surface area contributed by atoms with Crippen molar-refractivity contribution in [2.45, 2.75) is 32.1 Å². The number of ether oxygens (including phenoxy) is 1. The van der Waals surface area contributed by atoms with Crippen LogP contribution in [0, 0.1) is 0 Å². The molecule has 6 heteroatoms. The molecule has 0 bridgehead atoms. The number of rotatable bonds is 7. The Hall–Kier alpha value is -3.80. The summed E-state index contributed by atoms with van der Waals surface area (Å²) in [6.45, 7) is 1.37. The number of anilines is 4. The van der Waals surface area contributed by atoms with Crippen LogP contribution in [0.25, 0.3) is 0 Å². The Bertz CT molecular complexity index is 1190. The van der Waals surface area contributed by atoms with Gasteiger partial charge in [-0.15, -0.1) is 0 Å². The third-order valence-corrected chi connectivity index (χ3v) is 6.15. The summed E-state index contributed by atoms with van der Waals surface area (Å²) in [4.78, 5) is 26.4. The molecule has 2 aliphatic heterocycles. The summed E-state index contributed by atoms with van der Waals surface area (Å²) in [6.07, 6.45) is 3.23. The molecule has 6 nitrogen and oxygen atoms in total. The normalized spacial score (nSPS) is 14.3. The fourth-order valence-corrected chi connectivity index (χ4v) is 4.49. The molecule has 3 aromatic carbocycles. The van der Waals surface area contributed by atoms with E-state index in [0.717, 1.165) is 47.8 Å². The third kappa shape index (κ3) is 4.70. The molecule has 0 fully saturated rings. The highest BCUT2D eigenvalue weighted by molar-refractivity contribution is 5.95. The molecule has 0 aliphatic carbocycles. The van der Waals surface area contributed by atoms with Crippen molar-refractivity contribution in [1.82, 2.24) is 0 Å². The van der Waals surface area contributed by atoms with E-state index in [1.807, 2.05) is 36.4 Å². The van der Waals surface area contributed by atoms with Crippen LogP contribution in [0.1, 0.15) is 30.4 Å². The summed E-state index contributed by atoms with van der Waals surface area (Å²) in [5, 5.41) is 5.96. The lowest BCUT2D eigenvalue weighted by Crippen LogP contribution is -2.19. The van der Waals surface area contributed by atoms with Gasteiger partial charge >= 0.3 is 0 Å². The topological polar surface area (TPSA) is 70.7 Å². The molecule has 2 aliphatic rings. The fourth-order valence-electron chi connectivity index (χ4n) is 4.49. The number of para-hydroxylation sites is 3. The molecule has 0 saturated carbocycles. The molecule has 0 saturated heterocycles. The Labute approximate surface area is 193 Å². The minimum Gasteiger partial charge on any atom is -0.494 e. The van der Waals surface area contributed by atoms with Gasteiger partial charge in [-0.2, -0.15) is 0 Å². The maximum atomic E-state index is 12.6. The lowest BCUT2D eigenvalue weighted by molar-refractivity contribution is -0.117. The number of nitrogens with one attached hydrogen (secondary N) is 2. The van der Waals surface area contributed by atoms with Gasteiger partial charge in [0.1, 0.15) is 5.75 Å². The van der Waals surface area contributed by atoms with Gasteiger partial charge in [0.05, 0.1) is 18.0 Å². The van der Waals surface area contributed by atoms with Gasteiger partial charge in [-0.3, -0.25) is 9.59 Å². The van der Waals surface area contributed by atoms with Crippen molar-refractivity contribution in [1.29, 1.82) is 0 Å². The highest BCUT2D eigenvalue weighted by Gasteiger charge is 2.22. The van der Waals surface area contributed by atoms with Crippen molar-refractivity contribution in [3.05, 3.63) is 77.9 Å². The first-order chi connectivity index (χ1) is 16.2. The molecule has 2 N–H and O–H groups in total. The number of benzene rings is 3. The molecule has 0 aromatic heterocycles. The van der Waals surface area contributed by atoms with Gasteiger partial charge in [0.25, 0.3) is 0 Å². The second kappa shape index (κ2) is 9.36. The molecule has 0 spiro atoms. The Morgan fingerprint density at radius 3 is 2.67 bits per heavy atom. The monoisotopic (exact) mass is 441 g/mol. The molecular weight excluding hydrogens is 414 g/mol. The average Bonchev–Trinajstić information content (AvgIpc) is 3.26. The molecule has 0 atom stereocenters. The lowest BCUT2D eigenvalue weighted by Gasteiger charge is -2.23. The summed E-state index contributed by atoms with van der Waals surface area (Å²) < 4.78 is 5.84. The van der Waals surface area contributed by atoms with Gasteiger partial charge in [-0.1, -0.05) is 30.3 Å². The number of carbonyl (C=O) groups is 2. The molecule has 5 rings (SSSR count). The minimum atomic E-state index is -0.0216. The molecule has 0 unspecified atom stereocenters. The zero-order valence-corrected chi connectivity index (χ0v) is 18.5. The van der Waals surface area contributed by atoms with E-state index >= 15 is 0 Å². The number of carbonyl (C=O) groups excluding carboxylic acids is 2. The number of hydrogen-bond donors (Lipinski definition) is 2. The van der Waals surface area contributed by atoms with Crippen molar-refractivity contribution in [2.75, 3.05) is 28.7 Å². The van der Waals surface area contributed by atoms with Crippen LogP contribution < -0.4 is 20.3 Å². The van der Waals surface area contributed by atoms with Crippen LogP contribution in [0.5, 0.6) is 5.75 Å². The predicted octanol–water partition coefficient (Wildman–Crippen LogP) is 5.06. The molecule has 168 valence electrons. The van der Waals surface area contributed by atoms with Crippen molar-refractivity contribution in [2.24, 2.45) is 0 Å². The van der Waals surface area contributed by atoms with E-state index < -0.39 is 0 Å². The highest BCUT2D eigenvalue weighted by atomic mass is 16.5. The Kier molecular flexibility index (Phi) is 5.98. The largest absolute Gasteiger partial charge is 0.494 e. The van der Waals surface area contributed by atoms with E-state index in [1.165, 1.54) is 11.3 Å². The van der Waals surface area contributed by atoms with E-state index in [1.54, 1.807) is 0 Å². The second-order valence-electron chi connectivity index (χ2n) is 8.41. The number of nitrogens with zero attached hydrogens (tertiary/aromatic N) is 1. The summed E-state index contributed by atoms with van der Waals surface area (Å²) in [6, 6.07) is 22.1. The smallest absolute Gasteiger partial charge is 0.224 e. The van der Waals surface area contributed by atoms with E-state index in [9.17, 15) is 9.59 Å². The third-order valence-electron chi connectivity index (χ3n) is 6.15. The van der Waals surface area contributed by atoms with E-state index in [0.29, 0.717) is 25.9 Å². The zero-order chi connectivity index (χ0) is 22.6. The molecular formula is C27H27N3O3. The predicted molar refractivity (Wildman–Crippen MR) is 130 cm³/mol. The maximum absolute atomic E-state index is 12.6. The van der Waals surface area contributed by atoms with E-state index in [-0.39, 0.29) is 11.8 Å². The minimum absolute atomic E-state index is 0.0216. The van der Waals surface area contributed by atoms with Gasteiger partial charge < -0.3 is 20.3 Å². The highest BCUT2D eigenvalue weighted by Crippen LogP contribution is 2.38. The Morgan fingerprint density at radius 1 is 0.939 bits per heavy atom. The number of amides is 2. The van der Waals surface area contributed by atoms with Gasteiger partial charge in [-0.25, -0.2) is 0 Å². The Morgan fingerprint density at radius 2 is 1.76 bits per heavy atom. The van der Waals surface area contributed by atoms with E-state index in [4.69, 9.17) is 4.74 Å². The summed E-state index contributed by atoms with van der Waals surface area (Å²) in [5.74, 6) is 0.799. The van der Waals surface area contributed by atoms with Crippen molar-refractivity contribution < 1.29 is 14.3 Å². The number of fused-ring (bicyclic) bond motifs is 2. The standard InChI is InChI=1S/C27H27N3O3/c31-26(10-5-17-33-21-12-13-22-20(18-21)11-14-27(32)28-22)29-23-7-2-4-9-25(23)30-16-15-19-6-1-3-8-24(19)30/h1-4,6-9,12-13,18H,5,10-11,14-17H2,(H,28,32)(H,29,31). The van der Waals surface area contributed by atoms with Crippen molar-refractivity contribution in [3.8, 4) is 5.75 Å². The zero-order valence-electron chi connectivity index (χ0n) is 18.5. The molecule has 2 heterocycles. The number of aryl methyl sites for hydroxylation is 1. The van der Waals surface area contributed by atoms with Crippen molar-refractivity contribution in [3.63, 3.8) is 0 Å². The van der Waals surface area contributed by atoms with Crippen LogP contribution >= 0.6 is 0 Å². The van der Waals surface area contributed by atoms with Crippen molar-refractivity contribution >= 4 is 34.6 Å². The van der Waals surface area contributed by atoms with E-state index in [2.05, 4.69) is 45.9 Å². The first kappa shape index (κ1) is 21.1. The molecule has 3 aromatic rings. The van der Waals surface area contributed by atoms with Gasteiger partial charge in [0.15, 0.2) is 0 Å². The summed E-state index contributed by atoms with van der Waals surface area (Å²) in [5.41, 5.74) is 6.34. The van der Waals surface area contributed by atoms with Gasteiger partial charge in [-0.05, 0) is 66.8 Å². The SMILES string of the molecule is O=C1CCc2cc(OCCCC(=O)Nc3ccccc3N3CCc4ccccc43)ccc2N1. The average molecular weight is 442 g/mol. The van der Waals surface area contributed by atoms with Crippen LogP contribution in [-0.4, -0.2) is 25.0 Å². The van der Waals surface area contributed by atoms with Gasteiger partial charge in [0, 0.05) is 30.8 Å². The van der Waals surface area contributed by atoms with Crippen LogP contribution in [0.3, 0.4) is 0 Å². The first-order valence-electron chi connectivity index (χ1n) is 11.5. The Balaban J connectivity index is 1.15. The quantitative estimate of drug-likeness (QED) is 0.503. The van der Waals surface area contributed by atoms with Crippen LogP contribution in [0.15, 0.2) is 66.7 Å².